The number of methoxy groups -OCH3 is 1. The number of anilines is 1. The Morgan fingerprint density at radius 3 is 2.83 bits per heavy atom. The first-order valence-corrected chi connectivity index (χ1v) is 5.71. The molecule has 0 radical (unpaired) electrons. The summed E-state index contributed by atoms with van der Waals surface area (Å²) in [5.74, 6) is 0.411. The molecule has 1 aromatic carbocycles. The number of ether oxygens (including phenoxy) is 1. The first kappa shape index (κ1) is 12.3. The molecule has 0 bridgehead atoms. The molecule has 0 aromatic heterocycles. The SMILES string of the molecule is COc1cc(N2CCCC(=O)C2)ccc1[N+](=O)[O-]. The number of nitro groups is 1. The fraction of sp³-hybridized carbons (Fsp3) is 0.417. The fourth-order valence-electron chi connectivity index (χ4n) is 2.07. The molecule has 0 unspecified atom stereocenters. The molecule has 0 aliphatic carbocycles. The molecular weight excluding hydrogens is 236 g/mol. The first-order chi connectivity index (χ1) is 8.61. The maximum Gasteiger partial charge on any atom is 0.311 e. The number of benzene rings is 1. The van der Waals surface area contributed by atoms with E-state index in [2.05, 4.69) is 0 Å². The van der Waals surface area contributed by atoms with Crippen LogP contribution in [0.2, 0.25) is 0 Å². The minimum atomic E-state index is -0.482. The second-order valence-electron chi connectivity index (χ2n) is 4.18. The van der Waals surface area contributed by atoms with Gasteiger partial charge in [0.2, 0.25) is 0 Å². The lowest BCUT2D eigenvalue weighted by atomic mass is 10.1. The summed E-state index contributed by atoms with van der Waals surface area (Å²) >= 11 is 0. The molecule has 0 saturated carbocycles. The van der Waals surface area contributed by atoms with E-state index in [0.29, 0.717) is 13.0 Å². The lowest BCUT2D eigenvalue weighted by Crippen LogP contribution is -2.35. The topological polar surface area (TPSA) is 72.7 Å². The Kier molecular flexibility index (Phi) is 3.45. The van der Waals surface area contributed by atoms with Gasteiger partial charge in [-0.25, -0.2) is 0 Å². The van der Waals surface area contributed by atoms with Crippen molar-refractivity contribution >= 4 is 17.2 Å². The quantitative estimate of drug-likeness (QED) is 0.604. The van der Waals surface area contributed by atoms with Crippen molar-refractivity contribution < 1.29 is 14.5 Å². The molecule has 2 rings (SSSR count). The van der Waals surface area contributed by atoms with Gasteiger partial charge in [0.05, 0.1) is 18.6 Å². The number of nitro benzene ring substituents is 1. The summed E-state index contributed by atoms with van der Waals surface area (Å²) in [5, 5.41) is 10.8. The van der Waals surface area contributed by atoms with Crippen LogP contribution in [-0.4, -0.2) is 30.9 Å². The van der Waals surface area contributed by atoms with Crippen molar-refractivity contribution in [3.05, 3.63) is 28.3 Å². The highest BCUT2D eigenvalue weighted by molar-refractivity contribution is 5.84. The highest BCUT2D eigenvalue weighted by atomic mass is 16.6. The normalized spacial score (nSPS) is 15.6. The Labute approximate surface area is 104 Å². The predicted molar refractivity (Wildman–Crippen MR) is 66.1 cm³/mol. The average Bonchev–Trinajstić information content (AvgIpc) is 2.37. The van der Waals surface area contributed by atoms with E-state index < -0.39 is 4.92 Å². The van der Waals surface area contributed by atoms with Crippen molar-refractivity contribution in [2.24, 2.45) is 0 Å². The van der Waals surface area contributed by atoms with E-state index in [4.69, 9.17) is 4.74 Å². The third-order valence-electron chi connectivity index (χ3n) is 2.98. The Bertz CT molecular complexity index is 487. The van der Waals surface area contributed by atoms with Gasteiger partial charge in [0, 0.05) is 30.8 Å². The largest absolute Gasteiger partial charge is 0.490 e. The number of carbonyl (C=O) groups is 1. The van der Waals surface area contributed by atoms with E-state index in [0.717, 1.165) is 18.7 Å². The van der Waals surface area contributed by atoms with Gasteiger partial charge >= 0.3 is 5.69 Å². The van der Waals surface area contributed by atoms with E-state index in [1.54, 1.807) is 12.1 Å². The van der Waals surface area contributed by atoms with Crippen LogP contribution in [0, 0.1) is 10.1 Å². The summed E-state index contributed by atoms with van der Waals surface area (Å²) in [4.78, 5) is 23.6. The lowest BCUT2D eigenvalue weighted by molar-refractivity contribution is -0.385. The number of hydrogen-bond acceptors (Lipinski definition) is 5. The molecule has 1 aliphatic rings. The van der Waals surface area contributed by atoms with Crippen LogP contribution in [0.15, 0.2) is 18.2 Å². The highest BCUT2D eigenvalue weighted by Crippen LogP contribution is 2.32. The zero-order valence-corrected chi connectivity index (χ0v) is 10.1. The van der Waals surface area contributed by atoms with Crippen LogP contribution in [-0.2, 0) is 4.79 Å². The van der Waals surface area contributed by atoms with Gasteiger partial charge in [0.25, 0.3) is 0 Å². The Hall–Kier alpha value is -2.11. The van der Waals surface area contributed by atoms with Crippen LogP contribution in [0.25, 0.3) is 0 Å². The van der Waals surface area contributed by atoms with Crippen molar-refractivity contribution in [2.75, 3.05) is 25.1 Å². The maximum atomic E-state index is 11.4. The molecule has 0 atom stereocenters. The van der Waals surface area contributed by atoms with Gasteiger partial charge in [-0.2, -0.15) is 0 Å². The van der Waals surface area contributed by atoms with E-state index in [9.17, 15) is 14.9 Å². The van der Waals surface area contributed by atoms with Crippen LogP contribution in [0.3, 0.4) is 0 Å². The van der Waals surface area contributed by atoms with Gasteiger partial charge in [0.1, 0.15) is 0 Å². The molecule has 6 heteroatoms. The minimum Gasteiger partial charge on any atom is -0.490 e. The number of nitrogens with zero attached hydrogens (tertiary/aromatic N) is 2. The van der Waals surface area contributed by atoms with Gasteiger partial charge in [0.15, 0.2) is 11.5 Å². The van der Waals surface area contributed by atoms with Gasteiger partial charge < -0.3 is 9.64 Å². The van der Waals surface area contributed by atoms with E-state index in [1.165, 1.54) is 13.2 Å². The summed E-state index contributed by atoms with van der Waals surface area (Å²) in [7, 11) is 1.40. The molecule has 0 amide bonds. The zero-order chi connectivity index (χ0) is 13.1. The van der Waals surface area contributed by atoms with Crippen LogP contribution >= 0.6 is 0 Å². The van der Waals surface area contributed by atoms with E-state index in [-0.39, 0.29) is 17.2 Å². The maximum absolute atomic E-state index is 11.4. The summed E-state index contributed by atoms with van der Waals surface area (Å²) < 4.78 is 5.01. The predicted octanol–water partition coefficient (Wildman–Crippen LogP) is 1.77. The molecular formula is C12H14N2O4. The van der Waals surface area contributed by atoms with Crippen LogP contribution in [0.1, 0.15) is 12.8 Å². The second-order valence-corrected chi connectivity index (χ2v) is 4.18. The Morgan fingerprint density at radius 1 is 1.44 bits per heavy atom. The van der Waals surface area contributed by atoms with Crippen molar-refractivity contribution in [2.45, 2.75) is 12.8 Å². The van der Waals surface area contributed by atoms with Crippen molar-refractivity contribution in [3.8, 4) is 5.75 Å². The van der Waals surface area contributed by atoms with Crippen molar-refractivity contribution in [3.63, 3.8) is 0 Å². The summed E-state index contributed by atoms with van der Waals surface area (Å²) in [6.45, 7) is 1.15. The van der Waals surface area contributed by atoms with Gasteiger partial charge in [-0.3, -0.25) is 14.9 Å². The molecule has 1 saturated heterocycles. The molecule has 1 aliphatic heterocycles. The van der Waals surface area contributed by atoms with Crippen LogP contribution in [0.4, 0.5) is 11.4 Å². The van der Waals surface area contributed by atoms with Gasteiger partial charge in [-0.15, -0.1) is 0 Å². The number of ketones is 1. The lowest BCUT2D eigenvalue weighted by Gasteiger charge is -2.27. The molecule has 1 fully saturated rings. The smallest absolute Gasteiger partial charge is 0.311 e. The molecule has 18 heavy (non-hydrogen) atoms. The summed E-state index contributed by atoms with van der Waals surface area (Å²) in [6, 6.07) is 4.67. The number of piperidine rings is 1. The molecule has 0 N–H and O–H groups in total. The standard InChI is InChI=1S/C12H14N2O4/c1-18-12-7-9(4-5-11(12)14(16)17)13-6-2-3-10(15)8-13/h4-5,7H,2-3,6,8H2,1H3. The van der Waals surface area contributed by atoms with Crippen LogP contribution < -0.4 is 9.64 Å². The number of hydrogen-bond donors (Lipinski definition) is 0. The molecule has 0 spiro atoms. The summed E-state index contributed by atoms with van der Waals surface area (Å²) in [5.41, 5.74) is 0.718. The number of rotatable bonds is 3. The van der Waals surface area contributed by atoms with Crippen molar-refractivity contribution in [1.82, 2.24) is 0 Å². The van der Waals surface area contributed by atoms with Crippen molar-refractivity contribution in [1.29, 1.82) is 0 Å². The first-order valence-electron chi connectivity index (χ1n) is 5.71. The Balaban J connectivity index is 2.29. The molecule has 1 heterocycles. The van der Waals surface area contributed by atoms with Crippen LogP contribution in [0.5, 0.6) is 5.75 Å². The average molecular weight is 250 g/mol. The van der Waals surface area contributed by atoms with E-state index >= 15 is 0 Å². The third-order valence-corrected chi connectivity index (χ3v) is 2.98. The summed E-state index contributed by atoms with van der Waals surface area (Å²) in [6.07, 6.45) is 1.43. The van der Waals surface area contributed by atoms with E-state index in [1.807, 2.05) is 4.90 Å². The molecule has 96 valence electrons. The molecule has 1 aromatic rings. The Morgan fingerprint density at radius 2 is 2.22 bits per heavy atom. The zero-order valence-electron chi connectivity index (χ0n) is 10.1. The van der Waals surface area contributed by atoms with Gasteiger partial charge in [-0.1, -0.05) is 0 Å². The third kappa shape index (κ3) is 2.42. The highest BCUT2D eigenvalue weighted by Gasteiger charge is 2.20. The second kappa shape index (κ2) is 5.03. The molecule has 6 nitrogen and oxygen atoms in total. The van der Waals surface area contributed by atoms with Gasteiger partial charge in [-0.05, 0) is 12.5 Å². The monoisotopic (exact) mass is 250 g/mol. The fourth-order valence-corrected chi connectivity index (χ4v) is 2.07. The number of Topliss-reactive ketones (excluding diaryl/α,β-unsaturated/α-hetero) is 1. The number of carbonyl (C=O) groups excluding carboxylic acids is 1. The minimum absolute atomic E-state index is 0.0652.